The smallest absolute Gasteiger partial charge is 0.337 e. The second-order valence-electron chi connectivity index (χ2n) is 6.12. The van der Waals surface area contributed by atoms with Gasteiger partial charge >= 0.3 is 5.97 Å². The highest BCUT2D eigenvalue weighted by molar-refractivity contribution is 5.89. The number of carbonyl (C=O) groups is 1. The van der Waals surface area contributed by atoms with Crippen molar-refractivity contribution in [2.45, 2.75) is 38.5 Å². The third-order valence-electron chi connectivity index (χ3n) is 4.87. The van der Waals surface area contributed by atoms with Crippen LogP contribution in [-0.2, 0) is 10.2 Å². The molecule has 0 bridgehead atoms. The lowest BCUT2D eigenvalue weighted by Gasteiger charge is -2.31. The van der Waals surface area contributed by atoms with Crippen molar-refractivity contribution >= 4 is 5.97 Å². The molecule has 0 aliphatic carbocycles. The van der Waals surface area contributed by atoms with Crippen LogP contribution in [-0.4, -0.2) is 13.1 Å². The third kappa shape index (κ3) is 4.30. The van der Waals surface area contributed by atoms with Crippen LogP contribution in [0.1, 0.15) is 49.0 Å². The first-order valence-electron chi connectivity index (χ1n) is 8.66. The zero-order chi connectivity index (χ0) is 18.3. The Balaban J connectivity index is 2.14. The zero-order valence-electron chi connectivity index (χ0n) is 15.2. The molecule has 0 saturated carbocycles. The Bertz CT molecular complexity index is 695. The maximum absolute atomic E-state index is 11.5. The molecule has 25 heavy (non-hydrogen) atoms. The minimum atomic E-state index is -0.353. The van der Waals surface area contributed by atoms with Gasteiger partial charge in [-0.2, -0.15) is 0 Å². The molecule has 0 aliphatic heterocycles. The van der Waals surface area contributed by atoms with Crippen LogP contribution in [0.2, 0.25) is 0 Å². The van der Waals surface area contributed by atoms with Gasteiger partial charge in [-0.1, -0.05) is 32.1 Å². The maximum atomic E-state index is 11.5. The van der Waals surface area contributed by atoms with Crippen molar-refractivity contribution < 1.29 is 14.3 Å². The fourth-order valence-electron chi connectivity index (χ4n) is 3.13. The molecular formula is C22H26O3. The van der Waals surface area contributed by atoms with Crippen molar-refractivity contribution in [3.63, 3.8) is 0 Å². The molecule has 0 fully saturated rings. The van der Waals surface area contributed by atoms with Gasteiger partial charge in [-0.25, -0.2) is 4.79 Å². The molecule has 0 atom stereocenters. The van der Waals surface area contributed by atoms with E-state index in [0.717, 1.165) is 25.0 Å². The van der Waals surface area contributed by atoms with Crippen LogP contribution in [0.25, 0.3) is 0 Å². The lowest BCUT2D eigenvalue weighted by Crippen LogP contribution is -2.23. The van der Waals surface area contributed by atoms with Crippen LogP contribution in [0.15, 0.2) is 61.2 Å². The van der Waals surface area contributed by atoms with Crippen molar-refractivity contribution in [3.05, 3.63) is 72.3 Å². The lowest BCUT2D eigenvalue weighted by atomic mass is 9.73. The average Bonchev–Trinajstić information content (AvgIpc) is 2.67. The minimum absolute atomic E-state index is 0.141. The number of ether oxygens (including phenoxy) is 2. The molecular weight excluding hydrogens is 312 g/mol. The molecule has 2 aromatic rings. The van der Waals surface area contributed by atoms with E-state index in [9.17, 15) is 4.79 Å². The number of carbonyl (C=O) groups excluding carboxylic acids is 1. The molecule has 0 heterocycles. The van der Waals surface area contributed by atoms with Gasteiger partial charge in [-0.3, -0.25) is 0 Å². The van der Waals surface area contributed by atoms with Crippen molar-refractivity contribution in [2.75, 3.05) is 7.11 Å². The monoisotopic (exact) mass is 338 g/mol. The molecule has 0 unspecified atom stereocenters. The first-order chi connectivity index (χ1) is 12.1. The molecule has 0 aliphatic rings. The van der Waals surface area contributed by atoms with Gasteiger partial charge in [-0.15, -0.1) is 6.58 Å². The summed E-state index contributed by atoms with van der Waals surface area (Å²) in [5, 5.41) is 0. The Morgan fingerprint density at radius 2 is 1.52 bits per heavy atom. The number of methoxy groups -OCH3 is 1. The van der Waals surface area contributed by atoms with E-state index in [0.29, 0.717) is 11.3 Å². The minimum Gasteiger partial charge on any atom is -0.465 e. The largest absolute Gasteiger partial charge is 0.465 e. The van der Waals surface area contributed by atoms with E-state index in [1.807, 2.05) is 18.2 Å². The van der Waals surface area contributed by atoms with Gasteiger partial charge in [0.05, 0.1) is 12.7 Å². The summed E-state index contributed by atoms with van der Waals surface area (Å²) in [6.45, 7) is 8.35. The fourth-order valence-corrected chi connectivity index (χ4v) is 3.13. The highest BCUT2D eigenvalue weighted by Gasteiger charge is 2.26. The highest BCUT2D eigenvalue weighted by atomic mass is 16.5. The molecule has 0 saturated heterocycles. The van der Waals surface area contributed by atoms with Gasteiger partial charge in [0.15, 0.2) is 0 Å². The molecule has 0 aromatic heterocycles. The van der Waals surface area contributed by atoms with E-state index in [-0.39, 0.29) is 11.4 Å². The Kier molecular flexibility index (Phi) is 6.40. The number of esters is 1. The van der Waals surface area contributed by atoms with Gasteiger partial charge in [0.2, 0.25) is 0 Å². The maximum Gasteiger partial charge on any atom is 0.337 e. The average molecular weight is 338 g/mol. The number of benzene rings is 2. The number of hydrogen-bond donors (Lipinski definition) is 0. The predicted molar refractivity (Wildman–Crippen MR) is 101 cm³/mol. The molecule has 132 valence electrons. The second-order valence-corrected chi connectivity index (χ2v) is 6.12. The molecule has 0 amide bonds. The third-order valence-corrected chi connectivity index (χ3v) is 4.87. The normalized spacial score (nSPS) is 11.0. The van der Waals surface area contributed by atoms with Gasteiger partial charge < -0.3 is 9.47 Å². The molecule has 3 nitrogen and oxygen atoms in total. The first kappa shape index (κ1) is 18.8. The Morgan fingerprint density at radius 1 is 1.00 bits per heavy atom. The van der Waals surface area contributed by atoms with E-state index in [1.54, 1.807) is 24.3 Å². The van der Waals surface area contributed by atoms with E-state index >= 15 is 0 Å². The summed E-state index contributed by atoms with van der Waals surface area (Å²) in [6.07, 6.45) is 5.12. The molecule has 0 spiro atoms. The van der Waals surface area contributed by atoms with Crippen LogP contribution in [0.4, 0.5) is 0 Å². The van der Waals surface area contributed by atoms with Gasteiger partial charge in [0.25, 0.3) is 0 Å². The van der Waals surface area contributed by atoms with Crippen molar-refractivity contribution in [2.24, 2.45) is 0 Å². The molecule has 0 radical (unpaired) electrons. The van der Waals surface area contributed by atoms with E-state index < -0.39 is 0 Å². The summed E-state index contributed by atoms with van der Waals surface area (Å²) < 4.78 is 10.6. The topological polar surface area (TPSA) is 35.5 Å². The highest BCUT2D eigenvalue weighted by Crippen LogP contribution is 2.36. The van der Waals surface area contributed by atoms with E-state index in [1.165, 1.54) is 12.7 Å². The Morgan fingerprint density at radius 3 is 1.96 bits per heavy atom. The van der Waals surface area contributed by atoms with Crippen LogP contribution < -0.4 is 4.74 Å². The van der Waals surface area contributed by atoms with Crippen LogP contribution >= 0.6 is 0 Å². The summed E-state index contributed by atoms with van der Waals surface area (Å²) in [6, 6.07) is 15.2. The fraction of sp³-hybridized carbons (Fsp3) is 0.318. The van der Waals surface area contributed by atoms with Crippen molar-refractivity contribution in [1.82, 2.24) is 0 Å². The molecule has 0 N–H and O–H groups in total. The predicted octanol–water partition coefficient (Wildman–Crippen LogP) is 5.90. The Hall–Kier alpha value is -2.55. The number of hydrogen-bond acceptors (Lipinski definition) is 3. The van der Waals surface area contributed by atoms with Gasteiger partial charge in [0, 0.05) is 0 Å². The van der Waals surface area contributed by atoms with Crippen molar-refractivity contribution in [3.8, 4) is 11.5 Å². The van der Waals surface area contributed by atoms with Gasteiger partial charge in [-0.05, 0) is 66.6 Å². The zero-order valence-corrected chi connectivity index (χ0v) is 15.2. The van der Waals surface area contributed by atoms with Crippen LogP contribution in [0, 0.1) is 0 Å². The summed E-state index contributed by atoms with van der Waals surface area (Å²) >= 11 is 0. The molecule has 3 heteroatoms. The first-order valence-corrected chi connectivity index (χ1v) is 8.66. The van der Waals surface area contributed by atoms with E-state index in [4.69, 9.17) is 9.47 Å². The van der Waals surface area contributed by atoms with Crippen LogP contribution in [0.5, 0.6) is 11.5 Å². The summed E-state index contributed by atoms with van der Waals surface area (Å²) in [7, 11) is 1.37. The number of rotatable bonds is 8. The molecule has 2 rings (SSSR count). The van der Waals surface area contributed by atoms with E-state index in [2.05, 4.69) is 32.6 Å². The summed E-state index contributed by atoms with van der Waals surface area (Å²) in [5.41, 5.74) is 1.96. The van der Waals surface area contributed by atoms with Crippen LogP contribution in [0.3, 0.4) is 0 Å². The van der Waals surface area contributed by atoms with Gasteiger partial charge in [0.1, 0.15) is 11.5 Å². The number of allylic oxidation sites excluding steroid dienone is 1. The lowest BCUT2D eigenvalue weighted by molar-refractivity contribution is 0.0600. The van der Waals surface area contributed by atoms with Crippen molar-refractivity contribution in [1.29, 1.82) is 0 Å². The quantitative estimate of drug-likeness (QED) is 0.444. The standard InChI is InChI=1S/C22H26O3/c1-5-16-22(6-2,7-3)18-10-14-20(15-11-18)25-19-12-8-17(9-13-19)21(23)24-4/h5,8-15H,1,6-7,16H2,2-4H3. The second kappa shape index (κ2) is 8.52. The Labute approximate surface area is 150 Å². The molecule has 2 aromatic carbocycles. The summed E-state index contributed by atoms with van der Waals surface area (Å²) in [5.74, 6) is 1.10. The SMILES string of the molecule is C=CCC(CC)(CC)c1ccc(Oc2ccc(C(=O)OC)cc2)cc1. The summed E-state index contributed by atoms with van der Waals surface area (Å²) in [4.78, 5) is 11.5.